The van der Waals surface area contributed by atoms with Gasteiger partial charge in [0.25, 0.3) is 5.91 Å². The van der Waals surface area contributed by atoms with Gasteiger partial charge in [0.05, 0.1) is 18.8 Å². The fraction of sp³-hybridized carbons (Fsp3) is 0.500. The zero-order valence-corrected chi connectivity index (χ0v) is 15.2. The van der Waals surface area contributed by atoms with Crippen molar-refractivity contribution < 1.29 is 14.3 Å². The highest BCUT2D eigenvalue weighted by molar-refractivity contribution is 7.13. The highest BCUT2D eigenvalue weighted by Crippen LogP contribution is 2.25. The Morgan fingerprint density at radius 1 is 1.48 bits per heavy atom. The minimum atomic E-state index is -0.851. The zero-order valence-electron chi connectivity index (χ0n) is 14.4. The maximum atomic E-state index is 12.6. The summed E-state index contributed by atoms with van der Waals surface area (Å²) >= 11 is 1.40. The second-order valence-corrected chi connectivity index (χ2v) is 6.97. The van der Waals surface area contributed by atoms with Crippen LogP contribution in [0.2, 0.25) is 0 Å². The van der Waals surface area contributed by atoms with E-state index in [0.717, 1.165) is 5.69 Å². The van der Waals surface area contributed by atoms with Crippen LogP contribution >= 0.6 is 11.3 Å². The molecular formula is C16H21N5O3S. The molecule has 3 heterocycles. The Morgan fingerprint density at radius 3 is 3.04 bits per heavy atom. The molecule has 1 N–H and O–H groups in total. The third-order valence-electron chi connectivity index (χ3n) is 4.07. The summed E-state index contributed by atoms with van der Waals surface area (Å²) in [6.45, 7) is 4.99. The van der Waals surface area contributed by atoms with E-state index in [0.29, 0.717) is 30.6 Å². The molecular weight excluding hydrogens is 342 g/mol. The van der Waals surface area contributed by atoms with Gasteiger partial charge < -0.3 is 19.7 Å². The first-order valence-electron chi connectivity index (χ1n) is 7.96. The van der Waals surface area contributed by atoms with Gasteiger partial charge in [-0.1, -0.05) is 17.4 Å². The molecule has 8 nitrogen and oxygen atoms in total. The Labute approximate surface area is 150 Å². The number of methoxy groups -OCH3 is 1. The molecule has 1 aliphatic rings. The summed E-state index contributed by atoms with van der Waals surface area (Å²) in [4.78, 5) is 19.0. The fourth-order valence-electron chi connectivity index (χ4n) is 2.52. The summed E-state index contributed by atoms with van der Waals surface area (Å²) in [5, 5.41) is 11.5. The second-order valence-electron chi connectivity index (χ2n) is 6.14. The van der Waals surface area contributed by atoms with Gasteiger partial charge in [0.15, 0.2) is 0 Å². The normalized spacial score (nSPS) is 18.2. The number of hydrogen-bond acceptors (Lipinski definition) is 8. The van der Waals surface area contributed by atoms with Gasteiger partial charge in [-0.05, 0) is 26.0 Å². The van der Waals surface area contributed by atoms with Crippen LogP contribution in [-0.4, -0.2) is 58.4 Å². The van der Waals surface area contributed by atoms with Crippen molar-refractivity contribution in [1.29, 1.82) is 0 Å². The van der Waals surface area contributed by atoms with E-state index >= 15 is 0 Å². The Hall–Kier alpha value is -2.10. The number of amides is 1. The van der Waals surface area contributed by atoms with E-state index in [1.165, 1.54) is 11.3 Å². The maximum absolute atomic E-state index is 12.6. The van der Waals surface area contributed by atoms with Crippen LogP contribution in [0.25, 0.3) is 0 Å². The van der Waals surface area contributed by atoms with Crippen molar-refractivity contribution >= 4 is 28.2 Å². The number of aromatic nitrogens is 3. The molecule has 134 valence electrons. The van der Waals surface area contributed by atoms with E-state index in [-0.39, 0.29) is 12.0 Å². The Balaban J connectivity index is 1.72. The largest absolute Gasteiger partial charge is 0.369 e. The predicted octanol–water partition coefficient (Wildman–Crippen LogP) is 2.00. The van der Waals surface area contributed by atoms with Crippen LogP contribution < -0.4 is 5.32 Å². The monoisotopic (exact) mass is 363 g/mol. The van der Waals surface area contributed by atoms with Crippen LogP contribution in [0, 0.1) is 0 Å². The van der Waals surface area contributed by atoms with Gasteiger partial charge in [0, 0.05) is 13.7 Å². The Bertz CT molecular complexity index is 722. The Morgan fingerprint density at radius 2 is 2.32 bits per heavy atom. The van der Waals surface area contributed by atoms with Crippen LogP contribution in [0.1, 0.15) is 25.6 Å². The molecule has 0 aliphatic carbocycles. The van der Waals surface area contributed by atoms with Gasteiger partial charge in [-0.15, -0.1) is 10.2 Å². The van der Waals surface area contributed by atoms with Crippen molar-refractivity contribution in [2.75, 3.05) is 32.1 Å². The molecule has 0 spiro atoms. The molecule has 25 heavy (non-hydrogen) atoms. The summed E-state index contributed by atoms with van der Waals surface area (Å²) in [7, 11) is 1.54. The average Bonchev–Trinajstić information content (AvgIpc) is 3.14. The molecule has 2 aromatic rings. The van der Waals surface area contributed by atoms with E-state index in [1.807, 2.05) is 18.2 Å². The molecule has 2 aromatic heterocycles. The van der Waals surface area contributed by atoms with E-state index < -0.39 is 5.60 Å². The predicted molar refractivity (Wildman–Crippen MR) is 93.8 cm³/mol. The SMILES string of the molecule is COC(C)(C)C(=O)N1CCOC(c2cccc(Nc3nncs3)n2)C1. The third-order valence-corrected chi connectivity index (χ3v) is 4.68. The number of nitrogens with one attached hydrogen (secondary N) is 1. The van der Waals surface area contributed by atoms with Crippen molar-refractivity contribution in [2.24, 2.45) is 0 Å². The minimum Gasteiger partial charge on any atom is -0.369 e. The van der Waals surface area contributed by atoms with Crippen LogP contribution in [0.3, 0.4) is 0 Å². The lowest BCUT2D eigenvalue weighted by molar-refractivity contribution is -0.158. The number of morpholine rings is 1. The van der Waals surface area contributed by atoms with Gasteiger partial charge in [-0.25, -0.2) is 4.98 Å². The molecule has 1 unspecified atom stereocenters. The lowest BCUT2D eigenvalue weighted by Crippen LogP contribution is -2.51. The summed E-state index contributed by atoms with van der Waals surface area (Å²) in [5.74, 6) is 0.616. The molecule has 0 saturated carbocycles. The molecule has 1 aliphatic heterocycles. The first kappa shape index (κ1) is 17.7. The quantitative estimate of drug-likeness (QED) is 0.869. The van der Waals surface area contributed by atoms with Crippen molar-refractivity contribution in [3.8, 4) is 0 Å². The third kappa shape index (κ3) is 4.12. The summed E-state index contributed by atoms with van der Waals surface area (Å²) < 4.78 is 11.1. The fourth-order valence-corrected chi connectivity index (χ4v) is 2.97. The highest BCUT2D eigenvalue weighted by atomic mass is 32.1. The van der Waals surface area contributed by atoms with Crippen molar-refractivity contribution in [3.05, 3.63) is 29.4 Å². The molecule has 1 fully saturated rings. The number of carbonyl (C=O) groups is 1. The van der Waals surface area contributed by atoms with Crippen molar-refractivity contribution in [3.63, 3.8) is 0 Å². The standard InChI is InChI=1S/C16H21N5O3S/c1-16(2,23-3)14(22)21-7-8-24-12(9-21)11-5-4-6-13(18-11)19-15-20-17-10-25-15/h4-6,10,12H,7-9H2,1-3H3,(H,18,19,20). The van der Waals surface area contributed by atoms with E-state index in [4.69, 9.17) is 9.47 Å². The first-order valence-corrected chi connectivity index (χ1v) is 8.84. The van der Waals surface area contributed by atoms with E-state index in [9.17, 15) is 4.79 Å². The zero-order chi connectivity index (χ0) is 17.9. The van der Waals surface area contributed by atoms with Crippen LogP contribution in [0.5, 0.6) is 0 Å². The number of anilines is 2. The van der Waals surface area contributed by atoms with Crippen molar-refractivity contribution in [2.45, 2.75) is 25.6 Å². The topological polar surface area (TPSA) is 89.5 Å². The number of pyridine rings is 1. The van der Waals surface area contributed by atoms with Gasteiger partial charge in [-0.2, -0.15) is 0 Å². The summed E-state index contributed by atoms with van der Waals surface area (Å²) in [6, 6.07) is 5.64. The lowest BCUT2D eigenvalue weighted by Gasteiger charge is -2.36. The first-order chi connectivity index (χ1) is 12.0. The number of hydrogen-bond donors (Lipinski definition) is 1. The number of rotatable bonds is 5. The van der Waals surface area contributed by atoms with E-state index in [2.05, 4.69) is 20.5 Å². The van der Waals surface area contributed by atoms with Crippen LogP contribution in [0.4, 0.5) is 10.9 Å². The minimum absolute atomic E-state index is 0.0496. The summed E-state index contributed by atoms with van der Waals surface area (Å²) in [6.07, 6.45) is -0.276. The molecule has 0 bridgehead atoms. The van der Waals surface area contributed by atoms with Gasteiger partial charge in [0.1, 0.15) is 23.0 Å². The molecule has 1 atom stereocenters. The molecule has 0 radical (unpaired) electrons. The maximum Gasteiger partial charge on any atom is 0.254 e. The highest BCUT2D eigenvalue weighted by Gasteiger charge is 2.35. The second kappa shape index (κ2) is 7.42. The molecule has 1 saturated heterocycles. The average molecular weight is 363 g/mol. The van der Waals surface area contributed by atoms with Gasteiger partial charge >= 0.3 is 0 Å². The van der Waals surface area contributed by atoms with E-state index in [1.54, 1.807) is 31.4 Å². The van der Waals surface area contributed by atoms with Gasteiger partial charge in [-0.3, -0.25) is 4.79 Å². The lowest BCUT2D eigenvalue weighted by atomic mass is 10.1. The van der Waals surface area contributed by atoms with Crippen molar-refractivity contribution in [1.82, 2.24) is 20.1 Å². The Kier molecular flexibility index (Phi) is 5.26. The molecule has 0 aromatic carbocycles. The molecule has 9 heteroatoms. The van der Waals surface area contributed by atoms with Crippen LogP contribution in [-0.2, 0) is 14.3 Å². The van der Waals surface area contributed by atoms with Crippen LogP contribution in [0.15, 0.2) is 23.7 Å². The molecule has 1 amide bonds. The molecule has 3 rings (SSSR count). The smallest absolute Gasteiger partial charge is 0.254 e. The summed E-state index contributed by atoms with van der Waals surface area (Å²) in [5.41, 5.74) is 1.57. The number of ether oxygens (including phenoxy) is 2. The number of carbonyl (C=O) groups excluding carboxylic acids is 1. The van der Waals surface area contributed by atoms with Gasteiger partial charge in [0.2, 0.25) is 5.13 Å². The number of nitrogens with zero attached hydrogens (tertiary/aromatic N) is 4.